The number of aromatic hydroxyl groups is 1. The number of phenolic OH excluding ortho intramolecular Hbond substituents is 1. The van der Waals surface area contributed by atoms with Crippen LogP contribution in [0.4, 0.5) is 10.1 Å². The Morgan fingerprint density at radius 1 is 1.26 bits per heavy atom. The molecule has 0 aliphatic rings. The van der Waals surface area contributed by atoms with Gasteiger partial charge in [0.2, 0.25) is 0 Å². The second kappa shape index (κ2) is 5.93. The van der Waals surface area contributed by atoms with Crippen molar-refractivity contribution in [1.29, 1.82) is 0 Å². The smallest absolute Gasteiger partial charge is 0.160 e. The Kier molecular flexibility index (Phi) is 4.27. The summed E-state index contributed by atoms with van der Waals surface area (Å²) in [6, 6.07) is 9.86. The van der Waals surface area contributed by atoms with Crippen LogP contribution in [0.3, 0.4) is 0 Å². The average molecular weight is 326 g/mol. The molecule has 0 aliphatic carbocycles. The molecule has 0 radical (unpaired) electrons. The van der Waals surface area contributed by atoms with Crippen molar-refractivity contribution in [2.75, 3.05) is 12.4 Å². The van der Waals surface area contributed by atoms with Crippen LogP contribution < -0.4 is 10.1 Å². The van der Waals surface area contributed by atoms with Gasteiger partial charge in [-0.25, -0.2) is 4.39 Å². The van der Waals surface area contributed by atoms with E-state index < -0.39 is 0 Å². The molecule has 19 heavy (non-hydrogen) atoms. The van der Waals surface area contributed by atoms with Gasteiger partial charge in [-0.1, -0.05) is 6.07 Å². The van der Waals surface area contributed by atoms with Crippen molar-refractivity contribution < 1.29 is 14.2 Å². The minimum absolute atomic E-state index is 0.107. The van der Waals surface area contributed by atoms with Gasteiger partial charge < -0.3 is 15.2 Å². The molecule has 0 spiro atoms. The van der Waals surface area contributed by atoms with Gasteiger partial charge in [-0.3, -0.25) is 0 Å². The molecule has 5 heteroatoms. The number of rotatable bonds is 4. The van der Waals surface area contributed by atoms with Crippen molar-refractivity contribution in [3.63, 3.8) is 0 Å². The summed E-state index contributed by atoms with van der Waals surface area (Å²) in [5.74, 6) is 0.243. The monoisotopic (exact) mass is 325 g/mol. The van der Waals surface area contributed by atoms with Crippen molar-refractivity contribution in [3.05, 3.63) is 52.3 Å². The molecular formula is C14H13BrFNO2. The fourth-order valence-electron chi connectivity index (χ4n) is 1.64. The van der Waals surface area contributed by atoms with Gasteiger partial charge in [0.25, 0.3) is 0 Å². The molecule has 0 aromatic heterocycles. The highest BCUT2D eigenvalue weighted by Gasteiger charge is 2.04. The summed E-state index contributed by atoms with van der Waals surface area (Å²) in [7, 11) is 1.50. The first kappa shape index (κ1) is 13.7. The first-order valence-corrected chi connectivity index (χ1v) is 6.44. The molecule has 2 aromatic rings. The average Bonchev–Trinajstić information content (AvgIpc) is 2.41. The van der Waals surface area contributed by atoms with Crippen LogP contribution in [-0.2, 0) is 6.54 Å². The Bertz CT molecular complexity index is 590. The third kappa shape index (κ3) is 3.38. The second-order valence-corrected chi connectivity index (χ2v) is 4.84. The van der Waals surface area contributed by atoms with E-state index in [0.29, 0.717) is 16.8 Å². The zero-order valence-corrected chi connectivity index (χ0v) is 11.9. The minimum atomic E-state index is -0.295. The summed E-state index contributed by atoms with van der Waals surface area (Å²) in [5.41, 5.74) is 1.76. The van der Waals surface area contributed by atoms with Gasteiger partial charge in [-0.2, -0.15) is 0 Å². The molecule has 2 rings (SSSR count). The highest BCUT2D eigenvalue weighted by molar-refractivity contribution is 9.10. The van der Waals surface area contributed by atoms with Crippen molar-refractivity contribution in [3.8, 4) is 11.5 Å². The third-order valence-corrected chi connectivity index (χ3v) is 3.27. The molecule has 0 aliphatic heterocycles. The number of ether oxygens (including phenoxy) is 1. The maximum absolute atomic E-state index is 13.1. The van der Waals surface area contributed by atoms with E-state index in [0.717, 1.165) is 11.3 Å². The summed E-state index contributed by atoms with van der Waals surface area (Å²) in [4.78, 5) is 0. The molecule has 0 fully saturated rings. The van der Waals surface area contributed by atoms with Gasteiger partial charge in [-0.15, -0.1) is 0 Å². The largest absolute Gasteiger partial charge is 0.504 e. The van der Waals surface area contributed by atoms with Crippen LogP contribution in [-0.4, -0.2) is 12.2 Å². The van der Waals surface area contributed by atoms with E-state index in [4.69, 9.17) is 4.74 Å². The molecule has 0 atom stereocenters. The molecule has 0 saturated heterocycles. The molecule has 0 unspecified atom stereocenters. The number of halogens is 2. The summed E-state index contributed by atoms with van der Waals surface area (Å²) >= 11 is 3.14. The number of anilines is 1. The molecule has 2 aromatic carbocycles. The van der Waals surface area contributed by atoms with E-state index in [2.05, 4.69) is 21.2 Å². The zero-order chi connectivity index (χ0) is 13.8. The van der Waals surface area contributed by atoms with Crippen molar-refractivity contribution in [2.45, 2.75) is 6.54 Å². The minimum Gasteiger partial charge on any atom is -0.504 e. The van der Waals surface area contributed by atoms with Gasteiger partial charge in [0.15, 0.2) is 11.5 Å². The quantitative estimate of drug-likeness (QED) is 0.895. The van der Waals surface area contributed by atoms with Crippen LogP contribution in [0, 0.1) is 5.82 Å². The van der Waals surface area contributed by atoms with Gasteiger partial charge >= 0.3 is 0 Å². The highest BCUT2D eigenvalue weighted by Crippen LogP contribution is 2.27. The van der Waals surface area contributed by atoms with E-state index in [1.54, 1.807) is 30.3 Å². The predicted octanol–water partition coefficient (Wildman–Crippen LogP) is 3.91. The number of hydrogen-bond donors (Lipinski definition) is 2. The number of benzene rings is 2. The predicted molar refractivity (Wildman–Crippen MR) is 76.1 cm³/mol. The molecule has 0 bridgehead atoms. The summed E-state index contributed by atoms with van der Waals surface area (Å²) < 4.78 is 18.5. The Labute approximate surface area is 119 Å². The van der Waals surface area contributed by atoms with Crippen LogP contribution in [0.25, 0.3) is 0 Å². The highest BCUT2D eigenvalue weighted by atomic mass is 79.9. The molecule has 0 saturated carbocycles. The Morgan fingerprint density at radius 2 is 2.05 bits per heavy atom. The molecule has 100 valence electrons. The maximum Gasteiger partial charge on any atom is 0.160 e. The lowest BCUT2D eigenvalue weighted by molar-refractivity contribution is 0.373. The van der Waals surface area contributed by atoms with Crippen molar-refractivity contribution >= 4 is 21.6 Å². The SMILES string of the molecule is COc1cc(CNc2ccc(F)c(Br)c2)ccc1O. The van der Waals surface area contributed by atoms with Crippen LogP contribution in [0.15, 0.2) is 40.9 Å². The van der Waals surface area contributed by atoms with E-state index in [-0.39, 0.29) is 11.6 Å². The van der Waals surface area contributed by atoms with Crippen molar-refractivity contribution in [2.24, 2.45) is 0 Å². The van der Waals surface area contributed by atoms with E-state index >= 15 is 0 Å². The zero-order valence-electron chi connectivity index (χ0n) is 10.3. The number of methoxy groups -OCH3 is 1. The fraction of sp³-hybridized carbons (Fsp3) is 0.143. The molecular weight excluding hydrogens is 313 g/mol. The van der Waals surface area contributed by atoms with Crippen LogP contribution in [0.2, 0.25) is 0 Å². The number of phenols is 1. The topological polar surface area (TPSA) is 41.5 Å². The standard InChI is InChI=1S/C14H13BrFNO2/c1-19-14-6-9(2-5-13(14)18)8-17-10-3-4-12(16)11(15)7-10/h2-7,17-18H,8H2,1H3. The van der Waals surface area contributed by atoms with Gasteiger partial charge in [0, 0.05) is 12.2 Å². The third-order valence-electron chi connectivity index (χ3n) is 2.66. The molecule has 0 amide bonds. The molecule has 2 N–H and O–H groups in total. The summed E-state index contributed by atoms with van der Waals surface area (Å²) in [5, 5.41) is 12.7. The van der Waals surface area contributed by atoms with E-state index in [9.17, 15) is 9.50 Å². The first-order valence-electron chi connectivity index (χ1n) is 5.65. The second-order valence-electron chi connectivity index (χ2n) is 3.99. The molecule has 0 heterocycles. The van der Waals surface area contributed by atoms with E-state index in [1.165, 1.54) is 13.2 Å². The number of hydrogen-bond acceptors (Lipinski definition) is 3. The van der Waals surface area contributed by atoms with Gasteiger partial charge in [0.1, 0.15) is 5.82 Å². The van der Waals surface area contributed by atoms with Gasteiger partial charge in [-0.05, 0) is 51.8 Å². The molecule has 3 nitrogen and oxygen atoms in total. The lowest BCUT2D eigenvalue weighted by Gasteiger charge is -2.09. The lowest BCUT2D eigenvalue weighted by atomic mass is 10.2. The van der Waals surface area contributed by atoms with Gasteiger partial charge in [0.05, 0.1) is 11.6 Å². The lowest BCUT2D eigenvalue weighted by Crippen LogP contribution is -2.00. The number of nitrogens with one attached hydrogen (secondary N) is 1. The first-order chi connectivity index (χ1) is 9.10. The van der Waals surface area contributed by atoms with Crippen LogP contribution in [0.5, 0.6) is 11.5 Å². The Balaban J connectivity index is 2.07. The fourth-order valence-corrected chi connectivity index (χ4v) is 2.02. The Hall–Kier alpha value is -1.75. The summed E-state index contributed by atoms with van der Waals surface area (Å²) in [6.45, 7) is 0.550. The normalized spacial score (nSPS) is 10.3. The maximum atomic E-state index is 13.1. The summed E-state index contributed by atoms with van der Waals surface area (Å²) in [6.07, 6.45) is 0. The van der Waals surface area contributed by atoms with E-state index in [1.807, 2.05) is 0 Å². The van der Waals surface area contributed by atoms with Crippen LogP contribution >= 0.6 is 15.9 Å². The van der Waals surface area contributed by atoms with Crippen LogP contribution in [0.1, 0.15) is 5.56 Å². The Morgan fingerprint density at radius 3 is 2.74 bits per heavy atom. The van der Waals surface area contributed by atoms with Crippen molar-refractivity contribution in [1.82, 2.24) is 0 Å².